The van der Waals surface area contributed by atoms with Gasteiger partial charge in [-0.3, -0.25) is 4.98 Å². The van der Waals surface area contributed by atoms with Crippen molar-refractivity contribution >= 4 is 10.9 Å². The van der Waals surface area contributed by atoms with Gasteiger partial charge in [0.15, 0.2) is 0 Å². The van der Waals surface area contributed by atoms with Gasteiger partial charge in [-0.05, 0) is 54.8 Å². The third-order valence-electron chi connectivity index (χ3n) is 3.65. The normalized spacial score (nSPS) is 11.1. The molecular weight excluding hydrogens is 246 g/mol. The number of rotatable bonds is 4. The molecule has 0 radical (unpaired) electrons. The van der Waals surface area contributed by atoms with E-state index in [4.69, 9.17) is 0 Å². The van der Waals surface area contributed by atoms with Crippen molar-refractivity contribution in [2.24, 2.45) is 0 Å². The average Bonchev–Trinajstić information content (AvgIpc) is 2.84. The van der Waals surface area contributed by atoms with Gasteiger partial charge in [-0.1, -0.05) is 12.1 Å². The van der Waals surface area contributed by atoms with Gasteiger partial charge in [-0.25, -0.2) is 0 Å². The summed E-state index contributed by atoms with van der Waals surface area (Å²) in [5, 5.41) is 4.47. The number of aromatic nitrogens is 2. The fourth-order valence-corrected chi connectivity index (χ4v) is 2.55. The standard InChI is InChI=1S/C17H19N3/c1-13-4-3-8-19-16(13)12-20-9-7-15-10-14(11-18-2)5-6-17(15)20/h3-10,18H,11-12H2,1-2H3. The van der Waals surface area contributed by atoms with E-state index in [1.165, 1.54) is 22.0 Å². The molecule has 2 aromatic heterocycles. The van der Waals surface area contributed by atoms with Crippen molar-refractivity contribution in [1.29, 1.82) is 0 Å². The zero-order chi connectivity index (χ0) is 13.9. The topological polar surface area (TPSA) is 29.9 Å². The van der Waals surface area contributed by atoms with Gasteiger partial charge in [0, 0.05) is 24.5 Å². The van der Waals surface area contributed by atoms with Crippen molar-refractivity contribution in [1.82, 2.24) is 14.9 Å². The van der Waals surface area contributed by atoms with Crippen LogP contribution < -0.4 is 5.32 Å². The maximum Gasteiger partial charge on any atom is 0.0651 e. The molecule has 3 heteroatoms. The van der Waals surface area contributed by atoms with Crippen molar-refractivity contribution in [2.45, 2.75) is 20.0 Å². The molecule has 2 heterocycles. The fourth-order valence-electron chi connectivity index (χ4n) is 2.55. The van der Waals surface area contributed by atoms with Crippen molar-refractivity contribution in [2.75, 3.05) is 7.05 Å². The van der Waals surface area contributed by atoms with Crippen LogP contribution in [0.2, 0.25) is 0 Å². The Bertz CT molecular complexity index is 728. The van der Waals surface area contributed by atoms with E-state index in [0.717, 1.165) is 18.8 Å². The van der Waals surface area contributed by atoms with Crippen LogP contribution in [0.3, 0.4) is 0 Å². The largest absolute Gasteiger partial charge is 0.341 e. The van der Waals surface area contributed by atoms with Gasteiger partial charge in [-0.2, -0.15) is 0 Å². The molecule has 0 saturated carbocycles. The molecule has 1 aromatic carbocycles. The molecule has 0 aliphatic rings. The van der Waals surface area contributed by atoms with Gasteiger partial charge in [0.05, 0.1) is 12.2 Å². The lowest BCUT2D eigenvalue weighted by Crippen LogP contribution is -2.05. The lowest BCUT2D eigenvalue weighted by atomic mass is 10.1. The van der Waals surface area contributed by atoms with E-state index in [-0.39, 0.29) is 0 Å². The smallest absolute Gasteiger partial charge is 0.0651 e. The summed E-state index contributed by atoms with van der Waals surface area (Å²) in [6.07, 6.45) is 4.00. The van der Waals surface area contributed by atoms with E-state index in [1.807, 2.05) is 19.3 Å². The Hall–Kier alpha value is -2.13. The van der Waals surface area contributed by atoms with Gasteiger partial charge < -0.3 is 9.88 Å². The summed E-state index contributed by atoms with van der Waals surface area (Å²) in [6.45, 7) is 3.83. The summed E-state index contributed by atoms with van der Waals surface area (Å²) in [4.78, 5) is 4.48. The Morgan fingerprint density at radius 2 is 2.10 bits per heavy atom. The second kappa shape index (κ2) is 5.47. The zero-order valence-electron chi connectivity index (χ0n) is 11.9. The first-order chi connectivity index (χ1) is 9.78. The summed E-state index contributed by atoms with van der Waals surface area (Å²) < 4.78 is 2.26. The molecule has 102 valence electrons. The monoisotopic (exact) mass is 265 g/mol. The van der Waals surface area contributed by atoms with Gasteiger partial charge in [0.2, 0.25) is 0 Å². The van der Waals surface area contributed by atoms with E-state index < -0.39 is 0 Å². The molecule has 3 aromatic rings. The minimum atomic E-state index is 0.821. The molecule has 0 amide bonds. The SMILES string of the molecule is CNCc1ccc2c(ccn2Cc2ncccc2C)c1. The number of benzene rings is 1. The molecule has 0 bridgehead atoms. The molecule has 0 aliphatic carbocycles. The van der Waals surface area contributed by atoms with Crippen LogP contribution in [0.5, 0.6) is 0 Å². The molecule has 0 saturated heterocycles. The van der Waals surface area contributed by atoms with E-state index >= 15 is 0 Å². The molecule has 0 atom stereocenters. The zero-order valence-corrected chi connectivity index (χ0v) is 11.9. The van der Waals surface area contributed by atoms with E-state index in [0.29, 0.717) is 0 Å². The third-order valence-corrected chi connectivity index (χ3v) is 3.65. The summed E-state index contributed by atoms with van der Waals surface area (Å²) in [6, 6.07) is 12.9. The predicted molar refractivity (Wildman–Crippen MR) is 82.8 cm³/mol. The summed E-state index contributed by atoms with van der Waals surface area (Å²) in [5.41, 5.74) is 4.94. The number of fused-ring (bicyclic) bond motifs is 1. The second-order valence-corrected chi connectivity index (χ2v) is 5.13. The molecule has 0 unspecified atom stereocenters. The Balaban J connectivity index is 1.95. The molecule has 3 nitrogen and oxygen atoms in total. The van der Waals surface area contributed by atoms with Crippen LogP contribution >= 0.6 is 0 Å². The van der Waals surface area contributed by atoms with Gasteiger partial charge in [-0.15, -0.1) is 0 Å². The Morgan fingerprint density at radius 1 is 1.20 bits per heavy atom. The number of aryl methyl sites for hydroxylation is 1. The molecule has 0 fully saturated rings. The van der Waals surface area contributed by atoms with Crippen LogP contribution in [0.15, 0.2) is 48.8 Å². The van der Waals surface area contributed by atoms with Crippen molar-refractivity contribution < 1.29 is 0 Å². The molecule has 20 heavy (non-hydrogen) atoms. The fraction of sp³-hybridized carbons (Fsp3) is 0.235. The van der Waals surface area contributed by atoms with Crippen LogP contribution in [0.4, 0.5) is 0 Å². The predicted octanol–water partition coefficient (Wildman–Crippen LogP) is 3.11. The van der Waals surface area contributed by atoms with Crippen LogP contribution in [-0.2, 0) is 13.1 Å². The Kier molecular flexibility index (Phi) is 3.52. The molecule has 0 aliphatic heterocycles. The third kappa shape index (κ3) is 2.45. The highest BCUT2D eigenvalue weighted by atomic mass is 15.0. The summed E-state index contributed by atoms with van der Waals surface area (Å²) in [5.74, 6) is 0. The lowest BCUT2D eigenvalue weighted by molar-refractivity contribution is 0.798. The summed E-state index contributed by atoms with van der Waals surface area (Å²) in [7, 11) is 1.97. The van der Waals surface area contributed by atoms with Crippen molar-refractivity contribution in [3.63, 3.8) is 0 Å². The molecule has 1 N–H and O–H groups in total. The van der Waals surface area contributed by atoms with Crippen LogP contribution in [0.1, 0.15) is 16.8 Å². The number of nitrogens with zero attached hydrogens (tertiary/aromatic N) is 2. The number of hydrogen-bond donors (Lipinski definition) is 1. The van der Waals surface area contributed by atoms with E-state index in [2.05, 4.69) is 58.3 Å². The van der Waals surface area contributed by atoms with Gasteiger partial charge in [0.1, 0.15) is 0 Å². The van der Waals surface area contributed by atoms with Crippen molar-refractivity contribution in [3.8, 4) is 0 Å². The molecular formula is C17H19N3. The summed E-state index contributed by atoms with van der Waals surface area (Å²) >= 11 is 0. The quantitative estimate of drug-likeness (QED) is 0.785. The van der Waals surface area contributed by atoms with Gasteiger partial charge >= 0.3 is 0 Å². The first-order valence-corrected chi connectivity index (χ1v) is 6.91. The maximum absolute atomic E-state index is 4.48. The molecule has 3 rings (SSSR count). The minimum Gasteiger partial charge on any atom is -0.341 e. The van der Waals surface area contributed by atoms with Crippen LogP contribution in [0, 0.1) is 6.92 Å². The minimum absolute atomic E-state index is 0.821. The van der Waals surface area contributed by atoms with Crippen LogP contribution in [-0.4, -0.2) is 16.6 Å². The Labute approximate surface area is 119 Å². The van der Waals surface area contributed by atoms with E-state index in [1.54, 1.807) is 0 Å². The van der Waals surface area contributed by atoms with E-state index in [9.17, 15) is 0 Å². The number of hydrogen-bond acceptors (Lipinski definition) is 2. The average molecular weight is 265 g/mol. The Morgan fingerprint density at radius 3 is 2.90 bits per heavy atom. The highest BCUT2D eigenvalue weighted by Gasteiger charge is 2.05. The second-order valence-electron chi connectivity index (χ2n) is 5.13. The number of pyridine rings is 1. The maximum atomic E-state index is 4.48. The first-order valence-electron chi connectivity index (χ1n) is 6.91. The van der Waals surface area contributed by atoms with Crippen molar-refractivity contribution in [3.05, 3.63) is 65.6 Å². The number of nitrogens with one attached hydrogen (secondary N) is 1. The highest BCUT2D eigenvalue weighted by Crippen LogP contribution is 2.19. The highest BCUT2D eigenvalue weighted by molar-refractivity contribution is 5.81. The molecule has 0 spiro atoms. The van der Waals surface area contributed by atoms with Gasteiger partial charge in [0.25, 0.3) is 0 Å². The lowest BCUT2D eigenvalue weighted by Gasteiger charge is -2.08. The first kappa shape index (κ1) is 12.9. The van der Waals surface area contributed by atoms with Crippen LogP contribution in [0.25, 0.3) is 10.9 Å².